The number of aliphatic hydroxyl groups is 1. The molecule has 5 unspecified atom stereocenters. The number of carboxylic acid groups (broad SMARTS) is 1. The summed E-state index contributed by atoms with van der Waals surface area (Å²) < 4.78 is 11.2. The fraction of sp³-hybridized carbons (Fsp3) is 0.773. The molecule has 2 N–H and O–H groups in total. The van der Waals surface area contributed by atoms with Gasteiger partial charge in [-0.15, -0.1) is 0 Å². The van der Waals surface area contributed by atoms with Crippen LogP contribution in [0.1, 0.15) is 64.7 Å². The smallest absolute Gasteiger partial charge is 0.303 e. The van der Waals surface area contributed by atoms with Gasteiger partial charge >= 0.3 is 5.97 Å². The lowest BCUT2D eigenvalue weighted by Gasteiger charge is -2.22. The maximum absolute atomic E-state index is 10.5. The third kappa shape index (κ3) is 9.04. The molecule has 0 aromatic carbocycles. The maximum Gasteiger partial charge on any atom is 0.303 e. The van der Waals surface area contributed by atoms with E-state index >= 15 is 0 Å². The molecule has 1 rings (SSSR count). The Labute approximate surface area is 164 Å². The van der Waals surface area contributed by atoms with Crippen LogP contribution in [0.4, 0.5) is 0 Å². The zero-order valence-corrected chi connectivity index (χ0v) is 17.2. The minimum atomic E-state index is -0.755. The molecule has 0 saturated heterocycles. The summed E-state index contributed by atoms with van der Waals surface area (Å²) in [5.74, 6) is -0.470. The van der Waals surface area contributed by atoms with Crippen molar-refractivity contribution in [1.29, 1.82) is 0 Å². The van der Waals surface area contributed by atoms with Crippen LogP contribution in [0, 0.1) is 11.8 Å². The summed E-state index contributed by atoms with van der Waals surface area (Å²) in [5.41, 5.74) is 0. The van der Waals surface area contributed by atoms with E-state index in [1.54, 1.807) is 14.2 Å². The van der Waals surface area contributed by atoms with Gasteiger partial charge in [-0.05, 0) is 31.6 Å². The Morgan fingerprint density at radius 3 is 2.63 bits per heavy atom. The number of hydrogen-bond acceptors (Lipinski definition) is 4. The molecule has 5 atom stereocenters. The molecular weight excluding hydrogens is 344 g/mol. The predicted molar refractivity (Wildman–Crippen MR) is 108 cm³/mol. The molecule has 5 heteroatoms. The molecule has 1 fully saturated rings. The minimum absolute atomic E-state index is 0.0230. The predicted octanol–water partition coefficient (Wildman–Crippen LogP) is 4.35. The van der Waals surface area contributed by atoms with E-state index in [4.69, 9.17) is 14.6 Å². The van der Waals surface area contributed by atoms with Crippen LogP contribution in [0.3, 0.4) is 0 Å². The average molecular weight is 383 g/mol. The number of aliphatic hydroxyl groups excluding tert-OH is 1. The highest BCUT2D eigenvalue weighted by molar-refractivity contribution is 5.66. The first-order valence-electron chi connectivity index (χ1n) is 10.3. The number of rotatable bonds is 14. The second-order valence-corrected chi connectivity index (χ2v) is 7.47. The molecule has 5 nitrogen and oxygen atoms in total. The van der Waals surface area contributed by atoms with Crippen molar-refractivity contribution in [3.8, 4) is 0 Å². The molecule has 0 bridgehead atoms. The van der Waals surface area contributed by atoms with Crippen LogP contribution < -0.4 is 0 Å². The molecule has 0 amide bonds. The summed E-state index contributed by atoms with van der Waals surface area (Å²) >= 11 is 0. The molecule has 0 radical (unpaired) electrons. The first-order valence-corrected chi connectivity index (χ1v) is 10.3. The average Bonchev–Trinajstić information content (AvgIpc) is 2.95. The van der Waals surface area contributed by atoms with Crippen molar-refractivity contribution >= 4 is 5.97 Å². The molecule has 0 aromatic heterocycles. The monoisotopic (exact) mass is 382 g/mol. The minimum Gasteiger partial charge on any atom is -0.481 e. The number of hydrogen-bond donors (Lipinski definition) is 2. The van der Waals surface area contributed by atoms with E-state index < -0.39 is 5.97 Å². The molecule has 1 aliphatic rings. The Kier molecular flexibility index (Phi) is 12.3. The summed E-state index contributed by atoms with van der Waals surface area (Å²) in [5, 5.41) is 19.1. The van der Waals surface area contributed by atoms with Gasteiger partial charge in [0.2, 0.25) is 0 Å². The summed E-state index contributed by atoms with van der Waals surface area (Å²) in [4.78, 5) is 10.5. The van der Waals surface area contributed by atoms with Crippen LogP contribution in [-0.2, 0) is 14.3 Å². The Morgan fingerprint density at radius 2 is 2.00 bits per heavy atom. The van der Waals surface area contributed by atoms with Crippen molar-refractivity contribution in [2.45, 2.75) is 83.0 Å². The summed E-state index contributed by atoms with van der Waals surface area (Å²) in [6, 6.07) is 0. The first kappa shape index (κ1) is 23.9. The zero-order valence-electron chi connectivity index (χ0n) is 17.2. The number of carboxylic acids is 1. The Morgan fingerprint density at radius 1 is 1.22 bits per heavy atom. The third-order valence-electron chi connectivity index (χ3n) is 5.47. The van der Waals surface area contributed by atoms with Crippen molar-refractivity contribution in [3.63, 3.8) is 0 Å². The van der Waals surface area contributed by atoms with Gasteiger partial charge in [0.25, 0.3) is 0 Å². The SMILES string of the molecule is CCCCCC(C=CC1C(OC)CC(O)C1CC=CCCCC(=O)O)OC. The molecule has 27 heavy (non-hydrogen) atoms. The van der Waals surface area contributed by atoms with Crippen molar-refractivity contribution < 1.29 is 24.5 Å². The first-order chi connectivity index (χ1) is 13.0. The van der Waals surface area contributed by atoms with Gasteiger partial charge in [-0.25, -0.2) is 0 Å². The highest BCUT2D eigenvalue weighted by Crippen LogP contribution is 2.38. The highest BCUT2D eigenvalue weighted by Gasteiger charge is 2.40. The van der Waals surface area contributed by atoms with Gasteiger partial charge in [0.05, 0.1) is 18.3 Å². The lowest BCUT2D eigenvalue weighted by atomic mass is 9.89. The highest BCUT2D eigenvalue weighted by atomic mass is 16.5. The van der Waals surface area contributed by atoms with E-state index in [0.29, 0.717) is 12.8 Å². The van der Waals surface area contributed by atoms with Gasteiger partial charge in [0.15, 0.2) is 0 Å². The molecule has 0 aromatic rings. The van der Waals surface area contributed by atoms with E-state index in [1.165, 1.54) is 12.8 Å². The van der Waals surface area contributed by atoms with Crippen LogP contribution in [0.25, 0.3) is 0 Å². The Balaban J connectivity index is 2.61. The summed E-state index contributed by atoms with van der Waals surface area (Å²) in [6.45, 7) is 2.19. The fourth-order valence-electron chi connectivity index (χ4n) is 3.82. The van der Waals surface area contributed by atoms with E-state index in [1.807, 2.05) is 6.08 Å². The zero-order chi connectivity index (χ0) is 20.1. The normalized spacial score (nSPS) is 27.0. The van der Waals surface area contributed by atoms with Crippen LogP contribution in [0.2, 0.25) is 0 Å². The molecule has 0 heterocycles. The standard InChI is InChI=1S/C22H38O5/c1-4-5-8-11-17(26-2)14-15-19-18(20(23)16-21(19)27-3)12-9-6-7-10-13-22(24)25/h6,9,14-15,17-21,23H,4-5,7-8,10-13,16H2,1-3H3,(H,24,25). The number of carbonyl (C=O) groups is 1. The van der Waals surface area contributed by atoms with Gasteiger partial charge in [0.1, 0.15) is 0 Å². The van der Waals surface area contributed by atoms with Crippen LogP contribution in [0.5, 0.6) is 0 Å². The van der Waals surface area contributed by atoms with E-state index in [0.717, 1.165) is 25.7 Å². The number of allylic oxidation sites excluding steroid dienone is 2. The van der Waals surface area contributed by atoms with Gasteiger partial charge < -0.3 is 19.7 Å². The van der Waals surface area contributed by atoms with E-state index in [9.17, 15) is 9.90 Å². The van der Waals surface area contributed by atoms with Gasteiger partial charge in [-0.1, -0.05) is 50.5 Å². The van der Waals surface area contributed by atoms with E-state index in [-0.39, 0.29) is 36.6 Å². The van der Waals surface area contributed by atoms with Gasteiger partial charge in [-0.3, -0.25) is 4.79 Å². The quantitative estimate of drug-likeness (QED) is 0.345. The van der Waals surface area contributed by atoms with Crippen molar-refractivity contribution in [2.75, 3.05) is 14.2 Å². The molecule has 0 aliphatic heterocycles. The number of methoxy groups -OCH3 is 2. The second kappa shape index (κ2) is 13.9. The molecule has 1 saturated carbocycles. The second-order valence-electron chi connectivity index (χ2n) is 7.47. The topological polar surface area (TPSA) is 76.0 Å². The lowest BCUT2D eigenvalue weighted by molar-refractivity contribution is -0.137. The lowest BCUT2D eigenvalue weighted by Crippen LogP contribution is -2.21. The number of unbranched alkanes of at least 4 members (excludes halogenated alkanes) is 3. The van der Waals surface area contributed by atoms with Gasteiger partial charge in [0, 0.05) is 33.0 Å². The Bertz CT molecular complexity index is 460. The summed E-state index contributed by atoms with van der Waals surface area (Å²) in [7, 11) is 3.45. The number of aliphatic carboxylic acids is 1. The number of ether oxygens (including phenoxy) is 2. The van der Waals surface area contributed by atoms with Crippen molar-refractivity contribution in [1.82, 2.24) is 0 Å². The van der Waals surface area contributed by atoms with Crippen molar-refractivity contribution in [2.24, 2.45) is 11.8 Å². The molecule has 156 valence electrons. The van der Waals surface area contributed by atoms with Gasteiger partial charge in [-0.2, -0.15) is 0 Å². The molecule has 0 spiro atoms. The molecule has 1 aliphatic carbocycles. The largest absolute Gasteiger partial charge is 0.481 e. The maximum atomic E-state index is 10.5. The van der Waals surface area contributed by atoms with E-state index in [2.05, 4.69) is 25.2 Å². The van der Waals surface area contributed by atoms with Crippen LogP contribution in [-0.4, -0.2) is 48.7 Å². The summed E-state index contributed by atoms with van der Waals surface area (Å²) in [6.07, 6.45) is 15.8. The molecular formula is C22H38O5. The fourth-order valence-corrected chi connectivity index (χ4v) is 3.82. The van der Waals surface area contributed by atoms with Crippen LogP contribution >= 0.6 is 0 Å². The third-order valence-corrected chi connectivity index (χ3v) is 5.47. The van der Waals surface area contributed by atoms with Crippen LogP contribution in [0.15, 0.2) is 24.3 Å². The Hall–Kier alpha value is -1.17. The van der Waals surface area contributed by atoms with Crippen molar-refractivity contribution in [3.05, 3.63) is 24.3 Å².